The lowest BCUT2D eigenvalue weighted by molar-refractivity contribution is -0.122. The Hall–Kier alpha value is -1.81. The topological polar surface area (TPSA) is 58.4 Å². The van der Waals surface area contributed by atoms with Crippen LogP contribution in [0.3, 0.4) is 0 Å². The first kappa shape index (κ1) is 12.2. The minimum Gasteiger partial charge on any atom is -0.381 e. The van der Waals surface area contributed by atoms with Crippen molar-refractivity contribution in [3.05, 3.63) is 35.4 Å². The summed E-state index contributed by atoms with van der Waals surface area (Å²) >= 11 is 0. The Morgan fingerprint density at radius 2 is 2.21 bits per heavy atom. The normalized spacial score (nSPS) is 26.5. The molecule has 1 saturated heterocycles. The number of amides is 1. The van der Waals surface area contributed by atoms with Crippen LogP contribution in [0.15, 0.2) is 29.8 Å². The fourth-order valence-electron chi connectivity index (χ4n) is 3.21. The molecule has 0 spiro atoms. The lowest BCUT2D eigenvalue weighted by Crippen LogP contribution is -2.39. The summed E-state index contributed by atoms with van der Waals surface area (Å²) in [5.41, 5.74) is 9.13. The van der Waals surface area contributed by atoms with Crippen LogP contribution in [0.2, 0.25) is 0 Å². The first-order valence-electron chi connectivity index (χ1n) is 6.70. The molecule has 2 aliphatic rings. The number of nitrogens with zero attached hydrogens (tertiary/aromatic N) is 1. The van der Waals surface area contributed by atoms with Gasteiger partial charge >= 0.3 is 0 Å². The molecule has 2 aliphatic heterocycles. The maximum Gasteiger partial charge on any atom is 0.222 e. The first-order chi connectivity index (χ1) is 9.16. The summed E-state index contributed by atoms with van der Waals surface area (Å²) < 4.78 is 0. The Labute approximate surface area is 113 Å². The number of carbonyl (C=O) groups excluding carboxylic acids is 1. The van der Waals surface area contributed by atoms with Gasteiger partial charge in [0.25, 0.3) is 0 Å². The van der Waals surface area contributed by atoms with Gasteiger partial charge in [0.05, 0.1) is 5.92 Å². The summed E-state index contributed by atoms with van der Waals surface area (Å²) in [5.74, 6) is -0.252. The second-order valence-electron chi connectivity index (χ2n) is 5.38. The molecule has 0 saturated carbocycles. The predicted molar refractivity (Wildman–Crippen MR) is 76.6 cm³/mol. The SMILES string of the molecule is CN1CCC(C(N)=O)C1C1=Cc2ccccc2NC1. The van der Waals surface area contributed by atoms with Gasteiger partial charge in [-0.25, -0.2) is 0 Å². The number of hydrogen-bond acceptors (Lipinski definition) is 3. The highest BCUT2D eigenvalue weighted by atomic mass is 16.1. The van der Waals surface area contributed by atoms with Crippen molar-refractivity contribution in [1.82, 2.24) is 4.90 Å². The van der Waals surface area contributed by atoms with E-state index in [-0.39, 0.29) is 17.9 Å². The molecule has 19 heavy (non-hydrogen) atoms. The standard InChI is InChI=1S/C15H19N3O/c1-18-7-6-12(15(16)19)14(18)11-8-10-4-2-3-5-13(10)17-9-11/h2-5,8,12,14,17H,6-7,9H2,1H3,(H2,16,19). The summed E-state index contributed by atoms with van der Waals surface area (Å²) in [6, 6.07) is 8.36. The highest BCUT2D eigenvalue weighted by Crippen LogP contribution is 2.33. The first-order valence-corrected chi connectivity index (χ1v) is 6.70. The van der Waals surface area contributed by atoms with Crippen molar-refractivity contribution in [1.29, 1.82) is 0 Å². The van der Waals surface area contributed by atoms with Crippen LogP contribution in [-0.4, -0.2) is 37.0 Å². The molecule has 1 aromatic rings. The largest absolute Gasteiger partial charge is 0.381 e. The Morgan fingerprint density at radius 3 is 3.00 bits per heavy atom. The molecule has 2 unspecified atom stereocenters. The number of anilines is 1. The smallest absolute Gasteiger partial charge is 0.222 e. The fourth-order valence-corrected chi connectivity index (χ4v) is 3.21. The van der Waals surface area contributed by atoms with E-state index < -0.39 is 0 Å². The van der Waals surface area contributed by atoms with Crippen molar-refractivity contribution >= 4 is 17.7 Å². The lowest BCUT2D eigenvalue weighted by Gasteiger charge is -2.29. The van der Waals surface area contributed by atoms with E-state index in [0.29, 0.717) is 0 Å². The highest BCUT2D eigenvalue weighted by Gasteiger charge is 2.38. The van der Waals surface area contributed by atoms with Crippen LogP contribution in [0.1, 0.15) is 12.0 Å². The zero-order valence-corrected chi connectivity index (χ0v) is 11.1. The molecular formula is C15H19N3O. The summed E-state index contributed by atoms with van der Waals surface area (Å²) in [5, 5.41) is 3.42. The number of benzene rings is 1. The van der Waals surface area contributed by atoms with Crippen molar-refractivity contribution in [3.8, 4) is 0 Å². The van der Waals surface area contributed by atoms with Gasteiger partial charge in [-0.3, -0.25) is 9.69 Å². The molecule has 1 fully saturated rings. The molecule has 0 aliphatic carbocycles. The number of likely N-dealkylation sites (N-methyl/N-ethyl adjacent to an activating group) is 1. The number of primary amides is 1. The summed E-state index contributed by atoms with van der Waals surface area (Å²) in [6.07, 6.45) is 3.06. The van der Waals surface area contributed by atoms with Crippen molar-refractivity contribution < 1.29 is 4.79 Å². The van der Waals surface area contributed by atoms with Gasteiger partial charge < -0.3 is 11.1 Å². The lowest BCUT2D eigenvalue weighted by atomic mass is 9.90. The van der Waals surface area contributed by atoms with Crippen LogP contribution in [0.25, 0.3) is 6.08 Å². The molecule has 1 aromatic carbocycles. The van der Waals surface area contributed by atoms with Crippen LogP contribution in [-0.2, 0) is 4.79 Å². The molecule has 3 N–H and O–H groups in total. The molecule has 0 radical (unpaired) electrons. The van der Waals surface area contributed by atoms with Crippen LogP contribution in [0, 0.1) is 5.92 Å². The van der Waals surface area contributed by atoms with E-state index in [1.165, 1.54) is 11.1 Å². The van der Waals surface area contributed by atoms with E-state index in [1.54, 1.807) is 0 Å². The van der Waals surface area contributed by atoms with Gasteiger partial charge in [-0.15, -0.1) is 0 Å². The number of hydrogen-bond donors (Lipinski definition) is 2. The van der Waals surface area contributed by atoms with Gasteiger partial charge in [0.1, 0.15) is 0 Å². The van der Waals surface area contributed by atoms with Crippen LogP contribution >= 0.6 is 0 Å². The molecule has 1 amide bonds. The third-order valence-electron chi connectivity index (χ3n) is 4.18. The average Bonchev–Trinajstić information content (AvgIpc) is 2.80. The zero-order chi connectivity index (χ0) is 13.4. The number of fused-ring (bicyclic) bond motifs is 1. The number of rotatable bonds is 2. The summed E-state index contributed by atoms with van der Waals surface area (Å²) in [6.45, 7) is 1.72. The van der Waals surface area contributed by atoms with Crippen molar-refractivity contribution in [2.75, 3.05) is 25.5 Å². The Balaban J connectivity index is 1.94. The third kappa shape index (κ3) is 2.12. The second-order valence-corrected chi connectivity index (χ2v) is 5.38. The Kier molecular flexibility index (Phi) is 3.03. The van der Waals surface area contributed by atoms with Crippen molar-refractivity contribution in [2.45, 2.75) is 12.5 Å². The highest BCUT2D eigenvalue weighted by molar-refractivity contribution is 5.80. The maximum atomic E-state index is 11.6. The molecule has 4 heteroatoms. The van der Waals surface area contributed by atoms with Crippen LogP contribution in [0.5, 0.6) is 0 Å². The second kappa shape index (κ2) is 4.70. The predicted octanol–water partition coefficient (Wildman–Crippen LogP) is 1.30. The van der Waals surface area contributed by atoms with Crippen LogP contribution in [0.4, 0.5) is 5.69 Å². The average molecular weight is 257 g/mol. The fraction of sp³-hybridized carbons (Fsp3) is 0.400. The Morgan fingerprint density at radius 1 is 1.42 bits per heavy atom. The number of carbonyl (C=O) groups is 1. The number of nitrogens with one attached hydrogen (secondary N) is 1. The van der Waals surface area contributed by atoms with E-state index in [1.807, 2.05) is 12.1 Å². The minimum atomic E-state index is -0.186. The van der Waals surface area contributed by atoms with Crippen LogP contribution < -0.4 is 11.1 Å². The molecule has 4 nitrogen and oxygen atoms in total. The van der Waals surface area contributed by atoms with Gasteiger partial charge in [0, 0.05) is 18.3 Å². The third-order valence-corrected chi connectivity index (χ3v) is 4.18. The quantitative estimate of drug-likeness (QED) is 0.839. The molecule has 2 atom stereocenters. The van der Waals surface area contributed by atoms with Gasteiger partial charge in [-0.1, -0.05) is 24.3 Å². The summed E-state index contributed by atoms with van der Waals surface area (Å²) in [7, 11) is 2.06. The van der Waals surface area contributed by atoms with Gasteiger partial charge in [-0.05, 0) is 37.2 Å². The Bertz CT molecular complexity index is 538. The van der Waals surface area contributed by atoms with Gasteiger partial charge in [0.15, 0.2) is 0 Å². The molecule has 100 valence electrons. The minimum absolute atomic E-state index is 0.0664. The molecule has 0 aromatic heterocycles. The van der Waals surface area contributed by atoms with E-state index in [9.17, 15) is 4.79 Å². The van der Waals surface area contributed by atoms with Gasteiger partial charge in [0.2, 0.25) is 5.91 Å². The van der Waals surface area contributed by atoms with E-state index in [0.717, 1.165) is 25.2 Å². The molecule has 3 rings (SSSR count). The number of para-hydroxylation sites is 1. The van der Waals surface area contributed by atoms with Crippen molar-refractivity contribution in [2.24, 2.45) is 11.7 Å². The molecule has 0 bridgehead atoms. The van der Waals surface area contributed by atoms with E-state index >= 15 is 0 Å². The molecule has 2 heterocycles. The van der Waals surface area contributed by atoms with Crippen molar-refractivity contribution in [3.63, 3.8) is 0 Å². The molecular weight excluding hydrogens is 238 g/mol. The number of likely N-dealkylation sites (tertiary alicyclic amines) is 1. The van der Waals surface area contributed by atoms with Gasteiger partial charge in [-0.2, -0.15) is 0 Å². The van der Waals surface area contributed by atoms with E-state index in [4.69, 9.17) is 5.73 Å². The van der Waals surface area contributed by atoms with E-state index in [2.05, 4.69) is 35.5 Å². The monoisotopic (exact) mass is 257 g/mol. The summed E-state index contributed by atoms with van der Waals surface area (Å²) in [4.78, 5) is 13.8. The zero-order valence-electron chi connectivity index (χ0n) is 11.1. The maximum absolute atomic E-state index is 11.6. The number of nitrogens with two attached hydrogens (primary N) is 1.